The van der Waals surface area contributed by atoms with Gasteiger partial charge in [0.15, 0.2) is 0 Å². The van der Waals surface area contributed by atoms with Crippen molar-refractivity contribution in [2.45, 2.75) is 39.3 Å². The van der Waals surface area contributed by atoms with E-state index in [4.69, 9.17) is 0 Å². The smallest absolute Gasteiger partial charge is 0.239 e. The van der Waals surface area contributed by atoms with Crippen LogP contribution >= 0.6 is 0 Å². The Balaban J connectivity index is 2.15. The second kappa shape index (κ2) is 6.22. The van der Waals surface area contributed by atoms with Crippen LogP contribution in [-0.2, 0) is 11.3 Å². The van der Waals surface area contributed by atoms with E-state index in [9.17, 15) is 4.79 Å². The standard InChI is InChI=1S/C15H24N4O/c1-15(2,3)18-10-12-6-4-7-17-14(12)19-9-5-8-16-13(20)11-19/h4,6-7,18H,5,8-11H2,1-3H3,(H,16,20). The lowest BCUT2D eigenvalue weighted by Crippen LogP contribution is -2.37. The van der Waals surface area contributed by atoms with E-state index in [1.807, 2.05) is 6.07 Å². The third kappa shape index (κ3) is 4.20. The molecule has 0 atom stereocenters. The lowest BCUT2D eigenvalue weighted by atomic mass is 10.1. The van der Waals surface area contributed by atoms with Crippen LogP contribution in [0.5, 0.6) is 0 Å². The number of aromatic nitrogens is 1. The molecule has 110 valence electrons. The monoisotopic (exact) mass is 276 g/mol. The Hall–Kier alpha value is -1.62. The topological polar surface area (TPSA) is 57.3 Å². The Bertz CT molecular complexity index is 467. The summed E-state index contributed by atoms with van der Waals surface area (Å²) in [6.45, 7) is 9.17. The van der Waals surface area contributed by atoms with Crippen LogP contribution < -0.4 is 15.5 Å². The summed E-state index contributed by atoms with van der Waals surface area (Å²) >= 11 is 0. The Kier molecular flexibility index (Phi) is 4.60. The molecule has 20 heavy (non-hydrogen) atoms. The van der Waals surface area contributed by atoms with E-state index >= 15 is 0 Å². The first-order chi connectivity index (χ1) is 9.46. The summed E-state index contributed by atoms with van der Waals surface area (Å²) in [6.07, 6.45) is 2.74. The van der Waals surface area contributed by atoms with Gasteiger partial charge in [-0.05, 0) is 33.3 Å². The molecule has 5 heteroatoms. The maximum atomic E-state index is 11.7. The van der Waals surface area contributed by atoms with Crippen LogP contribution in [0.25, 0.3) is 0 Å². The summed E-state index contributed by atoms with van der Waals surface area (Å²) in [4.78, 5) is 18.3. The van der Waals surface area contributed by atoms with Crippen molar-refractivity contribution in [1.29, 1.82) is 0 Å². The second-order valence-electron chi connectivity index (χ2n) is 6.21. The SMILES string of the molecule is CC(C)(C)NCc1cccnc1N1CCCNC(=O)C1. The van der Waals surface area contributed by atoms with Crippen molar-refractivity contribution in [3.8, 4) is 0 Å². The molecular formula is C15H24N4O. The highest BCUT2D eigenvalue weighted by Gasteiger charge is 2.19. The van der Waals surface area contributed by atoms with Crippen LogP contribution in [0.3, 0.4) is 0 Å². The second-order valence-corrected chi connectivity index (χ2v) is 6.21. The molecule has 2 rings (SSSR count). The van der Waals surface area contributed by atoms with Gasteiger partial charge in [-0.3, -0.25) is 4.79 Å². The van der Waals surface area contributed by atoms with E-state index in [1.54, 1.807) is 6.20 Å². The fraction of sp³-hybridized carbons (Fsp3) is 0.600. The number of hydrogen-bond donors (Lipinski definition) is 2. The molecule has 0 saturated carbocycles. The first-order valence-electron chi connectivity index (χ1n) is 7.16. The highest BCUT2D eigenvalue weighted by atomic mass is 16.2. The fourth-order valence-corrected chi connectivity index (χ4v) is 2.20. The summed E-state index contributed by atoms with van der Waals surface area (Å²) in [7, 11) is 0. The molecular weight excluding hydrogens is 252 g/mol. The maximum absolute atomic E-state index is 11.7. The molecule has 0 aromatic carbocycles. The normalized spacial score (nSPS) is 16.8. The van der Waals surface area contributed by atoms with Gasteiger partial charge < -0.3 is 15.5 Å². The highest BCUT2D eigenvalue weighted by molar-refractivity contribution is 5.81. The lowest BCUT2D eigenvalue weighted by molar-refractivity contribution is -0.119. The summed E-state index contributed by atoms with van der Waals surface area (Å²) in [5.41, 5.74) is 1.20. The summed E-state index contributed by atoms with van der Waals surface area (Å²) < 4.78 is 0. The zero-order valence-electron chi connectivity index (χ0n) is 12.6. The van der Waals surface area contributed by atoms with Crippen molar-refractivity contribution < 1.29 is 4.79 Å². The maximum Gasteiger partial charge on any atom is 0.239 e. The quantitative estimate of drug-likeness (QED) is 0.873. The van der Waals surface area contributed by atoms with Crippen molar-refractivity contribution in [2.24, 2.45) is 0 Å². The van der Waals surface area contributed by atoms with E-state index in [1.165, 1.54) is 0 Å². The number of pyridine rings is 1. The molecule has 1 saturated heterocycles. The van der Waals surface area contributed by atoms with Gasteiger partial charge in [-0.25, -0.2) is 4.98 Å². The molecule has 0 bridgehead atoms. The molecule has 0 unspecified atom stereocenters. The van der Waals surface area contributed by atoms with Crippen LogP contribution in [0.1, 0.15) is 32.8 Å². The minimum atomic E-state index is 0.0588. The third-order valence-electron chi connectivity index (χ3n) is 3.24. The molecule has 1 aliphatic rings. The van der Waals surface area contributed by atoms with E-state index in [2.05, 4.69) is 47.4 Å². The summed E-state index contributed by atoms with van der Waals surface area (Å²) in [5.74, 6) is 0.990. The number of nitrogens with zero attached hydrogens (tertiary/aromatic N) is 2. The molecule has 2 heterocycles. The molecule has 0 spiro atoms. The number of carbonyl (C=O) groups excluding carboxylic acids is 1. The molecule has 1 aliphatic heterocycles. The molecule has 0 aliphatic carbocycles. The molecule has 0 radical (unpaired) electrons. The van der Waals surface area contributed by atoms with Gasteiger partial charge in [0, 0.05) is 36.9 Å². The van der Waals surface area contributed by atoms with Crippen LogP contribution in [0.2, 0.25) is 0 Å². The average molecular weight is 276 g/mol. The minimum absolute atomic E-state index is 0.0588. The van der Waals surface area contributed by atoms with Crippen molar-refractivity contribution >= 4 is 11.7 Å². The van der Waals surface area contributed by atoms with Crippen molar-refractivity contribution in [1.82, 2.24) is 15.6 Å². The molecule has 1 fully saturated rings. The largest absolute Gasteiger partial charge is 0.354 e. The Morgan fingerprint density at radius 1 is 1.45 bits per heavy atom. The fourth-order valence-electron chi connectivity index (χ4n) is 2.20. The lowest BCUT2D eigenvalue weighted by Gasteiger charge is -2.25. The molecule has 5 nitrogen and oxygen atoms in total. The zero-order chi connectivity index (χ0) is 14.6. The summed E-state index contributed by atoms with van der Waals surface area (Å²) in [5, 5.41) is 6.37. The average Bonchev–Trinajstić information content (AvgIpc) is 2.60. The van der Waals surface area contributed by atoms with Gasteiger partial charge in [-0.2, -0.15) is 0 Å². The number of nitrogens with one attached hydrogen (secondary N) is 2. The van der Waals surface area contributed by atoms with Crippen molar-refractivity contribution in [3.63, 3.8) is 0 Å². The van der Waals surface area contributed by atoms with Gasteiger partial charge in [0.2, 0.25) is 5.91 Å². The van der Waals surface area contributed by atoms with Gasteiger partial charge in [0.1, 0.15) is 5.82 Å². The van der Waals surface area contributed by atoms with E-state index in [-0.39, 0.29) is 11.4 Å². The Morgan fingerprint density at radius 3 is 3.00 bits per heavy atom. The first kappa shape index (κ1) is 14.8. The van der Waals surface area contributed by atoms with Gasteiger partial charge in [-0.1, -0.05) is 6.07 Å². The van der Waals surface area contributed by atoms with Gasteiger partial charge in [0.05, 0.1) is 6.54 Å². The third-order valence-corrected chi connectivity index (χ3v) is 3.24. The van der Waals surface area contributed by atoms with E-state index < -0.39 is 0 Å². The Morgan fingerprint density at radius 2 is 2.25 bits per heavy atom. The number of anilines is 1. The number of rotatable bonds is 3. The molecule has 1 aromatic rings. The summed E-state index contributed by atoms with van der Waals surface area (Å²) in [6, 6.07) is 4.02. The molecule has 1 amide bonds. The van der Waals surface area contributed by atoms with Gasteiger partial charge in [0.25, 0.3) is 0 Å². The number of carbonyl (C=O) groups is 1. The predicted molar refractivity (Wildman–Crippen MR) is 80.7 cm³/mol. The van der Waals surface area contributed by atoms with Crippen molar-refractivity contribution in [3.05, 3.63) is 23.9 Å². The Labute approximate surface area is 120 Å². The van der Waals surface area contributed by atoms with Crippen LogP contribution in [0.4, 0.5) is 5.82 Å². The van der Waals surface area contributed by atoms with Gasteiger partial charge in [-0.15, -0.1) is 0 Å². The van der Waals surface area contributed by atoms with E-state index in [0.29, 0.717) is 6.54 Å². The number of amides is 1. The van der Waals surface area contributed by atoms with Crippen LogP contribution in [0.15, 0.2) is 18.3 Å². The highest BCUT2D eigenvalue weighted by Crippen LogP contribution is 2.19. The molecule has 2 N–H and O–H groups in total. The van der Waals surface area contributed by atoms with Crippen molar-refractivity contribution in [2.75, 3.05) is 24.5 Å². The molecule has 1 aromatic heterocycles. The van der Waals surface area contributed by atoms with Crippen LogP contribution in [-0.4, -0.2) is 36.1 Å². The number of hydrogen-bond acceptors (Lipinski definition) is 4. The van der Waals surface area contributed by atoms with E-state index in [0.717, 1.165) is 37.4 Å². The zero-order valence-corrected chi connectivity index (χ0v) is 12.6. The minimum Gasteiger partial charge on any atom is -0.354 e. The van der Waals surface area contributed by atoms with Gasteiger partial charge >= 0.3 is 0 Å². The predicted octanol–water partition coefficient (Wildman–Crippen LogP) is 1.30. The first-order valence-corrected chi connectivity index (χ1v) is 7.16. The van der Waals surface area contributed by atoms with Crippen LogP contribution in [0, 0.1) is 0 Å².